The van der Waals surface area contributed by atoms with Gasteiger partial charge in [0, 0.05) is 16.7 Å². The molecule has 0 heterocycles. The summed E-state index contributed by atoms with van der Waals surface area (Å²) in [5.74, 6) is 2.76. The van der Waals surface area contributed by atoms with E-state index >= 15 is 0 Å². The maximum Gasteiger partial charge on any atom is 0.118 e. The molecule has 2 nitrogen and oxygen atoms in total. The van der Waals surface area contributed by atoms with Crippen LogP contribution in [0.4, 0.5) is 0 Å². The van der Waals surface area contributed by atoms with Gasteiger partial charge in [-0.3, -0.25) is 0 Å². The Bertz CT molecular complexity index is 326. The highest BCUT2D eigenvalue weighted by atomic mass is 32.2. The summed E-state index contributed by atoms with van der Waals surface area (Å²) in [6.45, 7) is 7.79. The Kier molecular flexibility index (Phi) is 7.21. The molecule has 1 N–H and O–H groups in total. The molecule has 0 spiro atoms. The van der Waals surface area contributed by atoms with Crippen molar-refractivity contribution < 1.29 is 4.74 Å². The summed E-state index contributed by atoms with van der Waals surface area (Å²) in [7, 11) is 1.70. The maximum absolute atomic E-state index is 5.17. The molecule has 2 atom stereocenters. The minimum atomic E-state index is 0.590. The predicted molar refractivity (Wildman–Crippen MR) is 80.6 cm³/mol. The average Bonchev–Trinajstić information content (AvgIpc) is 2.43. The van der Waals surface area contributed by atoms with Crippen LogP contribution >= 0.6 is 11.8 Å². The molecule has 102 valence electrons. The number of methoxy groups -OCH3 is 1. The Hall–Kier alpha value is -0.670. The van der Waals surface area contributed by atoms with Gasteiger partial charge in [-0.1, -0.05) is 27.2 Å². The van der Waals surface area contributed by atoms with E-state index in [0.717, 1.165) is 24.0 Å². The number of rotatable bonds is 8. The molecule has 2 unspecified atom stereocenters. The fourth-order valence-corrected chi connectivity index (χ4v) is 2.98. The fraction of sp³-hybridized carbons (Fsp3) is 0.600. The first-order chi connectivity index (χ1) is 8.71. The number of hydrogen-bond donors (Lipinski definition) is 1. The number of hydrogen-bond acceptors (Lipinski definition) is 3. The molecule has 0 aliphatic carbocycles. The van der Waals surface area contributed by atoms with E-state index in [-0.39, 0.29) is 0 Å². The zero-order valence-electron chi connectivity index (χ0n) is 11.9. The van der Waals surface area contributed by atoms with Gasteiger partial charge in [0.25, 0.3) is 0 Å². The van der Waals surface area contributed by atoms with E-state index in [0.29, 0.717) is 6.04 Å². The molecule has 0 aliphatic heterocycles. The first kappa shape index (κ1) is 15.4. The van der Waals surface area contributed by atoms with Gasteiger partial charge in [-0.2, -0.15) is 0 Å². The van der Waals surface area contributed by atoms with Gasteiger partial charge in [0.15, 0.2) is 0 Å². The quantitative estimate of drug-likeness (QED) is 0.724. The molecule has 18 heavy (non-hydrogen) atoms. The van der Waals surface area contributed by atoms with Gasteiger partial charge in [-0.25, -0.2) is 0 Å². The van der Waals surface area contributed by atoms with Gasteiger partial charge in [0.1, 0.15) is 5.75 Å². The van der Waals surface area contributed by atoms with E-state index in [1.165, 1.54) is 11.3 Å². The molecule has 0 radical (unpaired) electrons. The lowest BCUT2D eigenvalue weighted by atomic mass is 10.0. The summed E-state index contributed by atoms with van der Waals surface area (Å²) < 4.78 is 5.17. The Morgan fingerprint density at radius 3 is 2.39 bits per heavy atom. The van der Waals surface area contributed by atoms with Crippen molar-refractivity contribution in [3.8, 4) is 5.75 Å². The molecular weight excluding hydrogens is 242 g/mol. The molecular formula is C15H25NOS. The third-order valence-electron chi connectivity index (χ3n) is 3.29. The second-order valence-corrected chi connectivity index (χ2v) is 5.63. The van der Waals surface area contributed by atoms with Crippen molar-refractivity contribution in [3.05, 3.63) is 24.3 Å². The summed E-state index contributed by atoms with van der Waals surface area (Å²) >= 11 is 1.91. The van der Waals surface area contributed by atoms with Crippen LogP contribution in [0, 0.1) is 5.92 Å². The fourth-order valence-electron chi connectivity index (χ4n) is 1.83. The van der Waals surface area contributed by atoms with Gasteiger partial charge in [-0.05, 0) is 36.7 Å². The zero-order chi connectivity index (χ0) is 13.4. The minimum absolute atomic E-state index is 0.590. The van der Waals surface area contributed by atoms with Crippen LogP contribution in [0.15, 0.2) is 29.2 Å². The van der Waals surface area contributed by atoms with Crippen LogP contribution in [0.25, 0.3) is 0 Å². The Labute approximate surface area is 116 Å². The molecule has 3 heteroatoms. The highest BCUT2D eigenvalue weighted by Gasteiger charge is 2.14. The van der Waals surface area contributed by atoms with Crippen LogP contribution in [0.2, 0.25) is 0 Å². The Morgan fingerprint density at radius 1 is 1.22 bits per heavy atom. The van der Waals surface area contributed by atoms with Crippen molar-refractivity contribution >= 4 is 11.8 Å². The first-order valence-corrected chi connectivity index (χ1v) is 7.70. The lowest BCUT2D eigenvalue weighted by molar-refractivity contribution is 0.404. The molecule has 1 rings (SSSR count). The highest BCUT2D eigenvalue weighted by molar-refractivity contribution is 7.99. The second kappa shape index (κ2) is 8.44. The molecule has 0 aliphatic rings. The van der Waals surface area contributed by atoms with Crippen molar-refractivity contribution in [1.29, 1.82) is 0 Å². The average molecular weight is 267 g/mol. The van der Waals surface area contributed by atoms with E-state index in [1.807, 2.05) is 23.9 Å². The third-order valence-corrected chi connectivity index (χ3v) is 4.42. The SMILES string of the molecule is CCNC(CSc1ccc(OC)cc1)C(C)CC. The molecule has 0 saturated heterocycles. The van der Waals surface area contributed by atoms with Gasteiger partial charge in [-0.15, -0.1) is 11.8 Å². The van der Waals surface area contributed by atoms with Crippen LogP contribution < -0.4 is 10.1 Å². The van der Waals surface area contributed by atoms with Crippen molar-refractivity contribution in [2.24, 2.45) is 5.92 Å². The smallest absolute Gasteiger partial charge is 0.118 e. The normalized spacial score (nSPS) is 14.2. The summed E-state index contributed by atoms with van der Waals surface area (Å²) in [6.07, 6.45) is 1.22. The predicted octanol–water partition coefficient (Wildman–Crippen LogP) is 3.81. The number of benzene rings is 1. The van der Waals surface area contributed by atoms with Crippen LogP contribution in [0.5, 0.6) is 5.75 Å². The zero-order valence-corrected chi connectivity index (χ0v) is 12.7. The van der Waals surface area contributed by atoms with Gasteiger partial charge in [0.2, 0.25) is 0 Å². The maximum atomic E-state index is 5.17. The molecule has 1 aromatic carbocycles. The van der Waals surface area contributed by atoms with E-state index in [4.69, 9.17) is 4.74 Å². The van der Waals surface area contributed by atoms with Crippen LogP contribution in [0.1, 0.15) is 27.2 Å². The summed E-state index contributed by atoms with van der Waals surface area (Å²) in [5, 5.41) is 3.58. The van der Waals surface area contributed by atoms with Crippen molar-refractivity contribution in [2.45, 2.75) is 38.1 Å². The first-order valence-electron chi connectivity index (χ1n) is 6.71. The van der Waals surface area contributed by atoms with Crippen LogP contribution in [-0.2, 0) is 0 Å². The monoisotopic (exact) mass is 267 g/mol. The molecule has 1 aromatic rings. The van der Waals surface area contributed by atoms with Crippen LogP contribution in [0.3, 0.4) is 0 Å². The van der Waals surface area contributed by atoms with E-state index < -0.39 is 0 Å². The Balaban J connectivity index is 2.49. The highest BCUT2D eigenvalue weighted by Crippen LogP contribution is 2.24. The van der Waals surface area contributed by atoms with Crippen molar-refractivity contribution in [1.82, 2.24) is 5.32 Å². The lowest BCUT2D eigenvalue weighted by Crippen LogP contribution is -2.36. The lowest BCUT2D eigenvalue weighted by Gasteiger charge is -2.23. The van der Waals surface area contributed by atoms with Gasteiger partial charge < -0.3 is 10.1 Å². The Morgan fingerprint density at radius 2 is 1.89 bits per heavy atom. The number of thioether (sulfide) groups is 1. The summed E-state index contributed by atoms with van der Waals surface area (Å²) in [4.78, 5) is 1.31. The molecule has 0 fully saturated rings. The molecule has 0 saturated carbocycles. The van der Waals surface area contributed by atoms with E-state index in [1.54, 1.807) is 7.11 Å². The van der Waals surface area contributed by atoms with Crippen molar-refractivity contribution in [3.63, 3.8) is 0 Å². The second-order valence-electron chi connectivity index (χ2n) is 4.54. The largest absolute Gasteiger partial charge is 0.497 e. The van der Waals surface area contributed by atoms with Gasteiger partial charge in [0.05, 0.1) is 7.11 Å². The van der Waals surface area contributed by atoms with E-state index in [2.05, 4.69) is 38.2 Å². The van der Waals surface area contributed by atoms with E-state index in [9.17, 15) is 0 Å². The number of nitrogens with one attached hydrogen (secondary N) is 1. The van der Waals surface area contributed by atoms with Crippen LogP contribution in [-0.4, -0.2) is 25.4 Å². The molecule has 0 bridgehead atoms. The minimum Gasteiger partial charge on any atom is -0.497 e. The standard InChI is InChI=1S/C15H25NOS/c1-5-12(3)15(16-6-2)11-18-14-9-7-13(17-4)8-10-14/h7-10,12,15-16H,5-6,11H2,1-4H3. The summed E-state index contributed by atoms with van der Waals surface area (Å²) in [5.41, 5.74) is 0. The topological polar surface area (TPSA) is 21.3 Å². The molecule has 0 aromatic heterocycles. The molecule has 0 amide bonds. The van der Waals surface area contributed by atoms with Gasteiger partial charge >= 0.3 is 0 Å². The van der Waals surface area contributed by atoms with Crippen molar-refractivity contribution in [2.75, 3.05) is 19.4 Å². The third kappa shape index (κ3) is 4.91. The number of ether oxygens (including phenoxy) is 1. The summed E-state index contributed by atoms with van der Waals surface area (Å²) in [6, 6.07) is 8.89.